The van der Waals surface area contributed by atoms with Crippen LogP contribution >= 0.6 is 0 Å². The standard InChI is InChI=1S/C12H24O11/c13-1-4(15)7(17)8(18)5(16)3-22-12-11(21)10(20)9(19)6(2-14)23-12/h4-21H,1-3H2/t4-,5-,6+,7-,8-,9+,10-,11+,12-/m0/s1. The lowest BCUT2D eigenvalue weighted by Gasteiger charge is -2.40. The van der Waals surface area contributed by atoms with Gasteiger partial charge in [0.05, 0.1) is 19.8 Å². The molecule has 0 amide bonds. The predicted octanol–water partition coefficient (Wildman–Crippen LogP) is -5.76. The second-order valence-corrected chi connectivity index (χ2v) is 5.33. The minimum Gasteiger partial charge on any atom is -0.394 e. The van der Waals surface area contributed by atoms with Gasteiger partial charge in [-0.25, -0.2) is 0 Å². The van der Waals surface area contributed by atoms with Gasteiger partial charge in [-0.3, -0.25) is 0 Å². The van der Waals surface area contributed by atoms with E-state index in [-0.39, 0.29) is 0 Å². The first-order valence-electron chi connectivity index (χ1n) is 6.99. The van der Waals surface area contributed by atoms with E-state index in [4.69, 9.17) is 19.7 Å². The van der Waals surface area contributed by atoms with Gasteiger partial charge < -0.3 is 55.4 Å². The van der Waals surface area contributed by atoms with Crippen LogP contribution in [-0.4, -0.2) is 121 Å². The van der Waals surface area contributed by atoms with Crippen LogP contribution in [0.1, 0.15) is 0 Å². The van der Waals surface area contributed by atoms with Gasteiger partial charge in [-0.15, -0.1) is 0 Å². The first-order valence-corrected chi connectivity index (χ1v) is 6.99. The SMILES string of the molecule is OC[C@H](O)[C@H](O)[C@@H](O)[C@@H](O)CO[C@H]1O[C@H](CO)[C@@H](O)[C@H](O)[C@H]1O. The Labute approximate surface area is 131 Å². The summed E-state index contributed by atoms with van der Waals surface area (Å²) in [5.74, 6) is 0. The van der Waals surface area contributed by atoms with E-state index < -0.39 is 74.9 Å². The predicted molar refractivity (Wildman–Crippen MR) is 70.8 cm³/mol. The van der Waals surface area contributed by atoms with Gasteiger partial charge in [0.15, 0.2) is 6.29 Å². The molecule has 11 heteroatoms. The molecule has 138 valence electrons. The van der Waals surface area contributed by atoms with Crippen molar-refractivity contribution in [2.45, 2.75) is 55.1 Å². The molecule has 23 heavy (non-hydrogen) atoms. The van der Waals surface area contributed by atoms with Crippen molar-refractivity contribution < 1.29 is 55.4 Å². The summed E-state index contributed by atoms with van der Waals surface area (Å²) in [4.78, 5) is 0. The van der Waals surface area contributed by atoms with Crippen LogP contribution in [-0.2, 0) is 9.47 Å². The van der Waals surface area contributed by atoms with Crippen molar-refractivity contribution in [1.29, 1.82) is 0 Å². The molecule has 11 nitrogen and oxygen atoms in total. The molecule has 1 heterocycles. The van der Waals surface area contributed by atoms with Crippen molar-refractivity contribution in [1.82, 2.24) is 0 Å². The zero-order valence-corrected chi connectivity index (χ0v) is 12.2. The number of hydrogen-bond donors (Lipinski definition) is 9. The van der Waals surface area contributed by atoms with E-state index in [1.165, 1.54) is 0 Å². The highest BCUT2D eigenvalue weighted by molar-refractivity contribution is 4.89. The summed E-state index contributed by atoms with van der Waals surface area (Å²) in [6, 6.07) is 0. The van der Waals surface area contributed by atoms with Crippen molar-refractivity contribution in [3.8, 4) is 0 Å². The normalized spacial score (nSPS) is 37.2. The van der Waals surface area contributed by atoms with Gasteiger partial charge in [0.2, 0.25) is 0 Å². The summed E-state index contributed by atoms with van der Waals surface area (Å²) in [5, 5.41) is 84.4. The maximum atomic E-state index is 9.70. The molecule has 9 atom stereocenters. The third-order valence-corrected chi connectivity index (χ3v) is 3.61. The van der Waals surface area contributed by atoms with Gasteiger partial charge in [-0.2, -0.15) is 0 Å². The Morgan fingerprint density at radius 1 is 0.826 bits per heavy atom. The fraction of sp³-hybridized carbons (Fsp3) is 1.00. The smallest absolute Gasteiger partial charge is 0.186 e. The van der Waals surface area contributed by atoms with E-state index >= 15 is 0 Å². The highest BCUT2D eigenvalue weighted by atomic mass is 16.7. The van der Waals surface area contributed by atoms with Gasteiger partial charge in [-0.05, 0) is 0 Å². The zero-order chi connectivity index (χ0) is 17.7. The largest absolute Gasteiger partial charge is 0.394 e. The lowest BCUT2D eigenvalue weighted by atomic mass is 9.99. The summed E-state index contributed by atoms with van der Waals surface area (Å²) >= 11 is 0. The van der Waals surface area contributed by atoms with E-state index in [0.29, 0.717) is 0 Å². The topological polar surface area (TPSA) is 201 Å². The van der Waals surface area contributed by atoms with Crippen LogP contribution < -0.4 is 0 Å². The molecule has 0 bridgehead atoms. The lowest BCUT2D eigenvalue weighted by Crippen LogP contribution is -2.59. The average Bonchev–Trinajstić information content (AvgIpc) is 2.56. The molecular weight excluding hydrogens is 320 g/mol. The number of aliphatic hydroxyl groups excluding tert-OH is 9. The fourth-order valence-corrected chi connectivity index (χ4v) is 2.06. The monoisotopic (exact) mass is 344 g/mol. The van der Waals surface area contributed by atoms with Gasteiger partial charge in [-0.1, -0.05) is 0 Å². The highest BCUT2D eigenvalue weighted by Crippen LogP contribution is 2.22. The second kappa shape index (κ2) is 9.15. The Hall–Kier alpha value is -0.440. The molecular formula is C12H24O11. The molecule has 1 saturated heterocycles. The Balaban J connectivity index is 2.55. The molecule has 1 rings (SSSR count). The molecule has 1 aliphatic heterocycles. The zero-order valence-electron chi connectivity index (χ0n) is 12.2. The molecule has 0 radical (unpaired) electrons. The van der Waals surface area contributed by atoms with Crippen LogP contribution in [0.2, 0.25) is 0 Å². The van der Waals surface area contributed by atoms with Crippen molar-refractivity contribution >= 4 is 0 Å². The number of hydrogen-bond acceptors (Lipinski definition) is 11. The van der Waals surface area contributed by atoms with E-state index in [1.54, 1.807) is 0 Å². The molecule has 0 unspecified atom stereocenters. The Bertz CT molecular complexity index is 341. The van der Waals surface area contributed by atoms with Crippen molar-refractivity contribution in [3.05, 3.63) is 0 Å². The van der Waals surface area contributed by atoms with Gasteiger partial charge in [0.25, 0.3) is 0 Å². The first kappa shape index (κ1) is 20.6. The maximum Gasteiger partial charge on any atom is 0.186 e. The van der Waals surface area contributed by atoms with E-state index in [1.807, 2.05) is 0 Å². The van der Waals surface area contributed by atoms with Crippen molar-refractivity contribution in [3.63, 3.8) is 0 Å². The van der Waals surface area contributed by atoms with Crippen LogP contribution in [0.5, 0.6) is 0 Å². The van der Waals surface area contributed by atoms with E-state index in [2.05, 4.69) is 0 Å². The van der Waals surface area contributed by atoms with Crippen molar-refractivity contribution in [2.75, 3.05) is 19.8 Å². The quantitative estimate of drug-likeness (QED) is 0.203. The van der Waals surface area contributed by atoms with Crippen molar-refractivity contribution in [2.24, 2.45) is 0 Å². The fourth-order valence-electron chi connectivity index (χ4n) is 2.06. The molecule has 0 aromatic carbocycles. The van der Waals surface area contributed by atoms with Gasteiger partial charge in [0, 0.05) is 0 Å². The third-order valence-electron chi connectivity index (χ3n) is 3.61. The molecule has 1 fully saturated rings. The van der Waals surface area contributed by atoms with Crippen LogP contribution in [0.25, 0.3) is 0 Å². The summed E-state index contributed by atoms with van der Waals surface area (Å²) in [6.07, 6.45) is -14.7. The van der Waals surface area contributed by atoms with Crippen LogP contribution in [0.3, 0.4) is 0 Å². The molecule has 9 N–H and O–H groups in total. The molecule has 0 aliphatic carbocycles. The molecule has 0 aromatic rings. The number of rotatable bonds is 8. The number of aliphatic hydroxyl groups is 9. The molecule has 0 saturated carbocycles. The summed E-state index contributed by atoms with van der Waals surface area (Å²) in [7, 11) is 0. The third kappa shape index (κ3) is 5.01. The lowest BCUT2D eigenvalue weighted by molar-refractivity contribution is -0.306. The summed E-state index contributed by atoms with van der Waals surface area (Å²) in [6.45, 7) is -2.16. The Morgan fingerprint density at radius 3 is 1.91 bits per heavy atom. The van der Waals surface area contributed by atoms with Gasteiger partial charge >= 0.3 is 0 Å². The van der Waals surface area contributed by atoms with Crippen LogP contribution in [0.15, 0.2) is 0 Å². The minimum absolute atomic E-state index is 0.655. The average molecular weight is 344 g/mol. The minimum atomic E-state index is -1.86. The molecule has 1 aliphatic rings. The summed E-state index contributed by atoms with van der Waals surface area (Å²) < 4.78 is 9.99. The first-order chi connectivity index (χ1) is 10.7. The van der Waals surface area contributed by atoms with E-state index in [0.717, 1.165) is 0 Å². The Morgan fingerprint density at radius 2 is 1.39 bits per heavy atom. The number of ether oxygens (including phenoxy) is 2. The van der Waals surface area contributed by atoms with E-state index in [9.17, 15) is 35.7 Å². The second-order valence-electron chi connectivity index (χ2n) is 5.33. The maximum absolute atomic E-state index is 9.70. The molecule has 0 spiro atoms. The van der Waals surface area contributed by atoms with Gasteiger partial charge in [0.1, 0.15) is 48.8 Å². The Kier molecular flexibility index (Phi) is 8.20. The summed E-state index contributed by atoms with van der Waals surface area (Å²) in [5.41, 5.74) is 0. The highest BCUT2D eigenvalue weighted by Gasteiger charge is 2.44. The molecule has 0 aromatic heterocycles. The van der Waals surface area contributed by atoms with Crippen LogP contribution in [0, 0.1) is 0 Å². The van der Waals surface area contributed by atoms with Crippen LogP contribution in [0.4, 0.5) is 0 Å².